The molecule has 0 aliphatic carbocycles. The number of carboxylic acid groups (broad SMARTS) is 4. The number of carboxylic acids is 4. The molecule has 4 amide bonds. The molecule has 0 aromatic carbocycles. The van der Waals surface area contributed by atoms with E-state index < -0.39 is 103 Å². The van der Waals surface area contributed by atoms with Gasteiger partial charge in [0.15, 0.2) is 0 Å². The summed E-state index contributed by atoms with van der Waals surface area (Å²) in [5.41, 5.74) is 5.31. The fraction of sp³-hybridized carbons (Fsp3) is 0.619. The van der Waals surface area contributed by atoms with Crippen LogP contribution in [-0.4, -0.2) is 110 Å². The van der Waals surface area contributed by atoms with Gasteiger partial charge in [-0.2, -0.15) is 25.3 Å². The minimum absolute atomic E-state index is 0.209. The Hall–Kier alpha value is -3.58. The second kappa shape index (κ2) is 18.7. The minimum Gasteiger partial charge on any atom is -0.481 e. The van der Waals surface area contributed by atoms with Crippen molar-refractivity contribution < 1.29 is 58.8 Å². The number of thiol groups is 2. The number of hydrogen-bond donors (Lipinski definition) is 11. The van der Waals surface area contributed by atoms with Crippen molar-refractivity contribution in [3.05, 3.63) is 0 Å². The lowest BCUT2D eigenvalue weighted by Gasteiger charge is -2.21. The lowest BCUT2D eigenvalue weighted by molar-refractivity contribution is -0.143. The molecule has 19 heteroatoms. The maximum atomic E-state index is 12.5. The van der Waals surface area contributed by atoms with E-state index >= 15 is 0 Å². The molecule has 5 atom stereocenters. The quantitative estimate of drug-likeness (QED) is 0.0605. The molecule has 0 unspecified atom stereocenters. The van der Waals surface area contributed by atoms with E-state index in [9.17, 15) is 43.5 Å². The Balaban J connectivity index is 5.00. The van der Waals surface area contributed by atoms with Crippen LogP contribution in [0.4, 0.5) is 0 Å². The van der Waals surface area contributed by atoms with E-state index in [-0.39, 0.29) is 24.3 Å². The predicted molar refractivity (Wildman–Crippen MR) is 142 cm³/mol. The van der Waals surface area contributed by atoms with Crippen molar-refractivity contribution in [1.29, 1.82) is 0 Å². The Labute approximate surface area is 238 Å². The van der Waals surface area contributed by atoms with Crippen molar-refractivity contribution in [3.8, 4) is 0 Å². The molecule has 10 N–H and O–H groups in total. The first-order valence-electron chi connectivity index (χ1n) is 11.7. The van der Waals surface area contributed by atoms with Gasteiger partial charge in [-0.25, -0.2) is 9.59 Å². The van der Waals surface area contributed by atoms with E-state index in [0.29, 0.717) is 0 Å². The molecule has 0 saturated heterocycles. The molecule has 0 spiro atoms. The van der Waals surface area contributed by atoms with Gasteiger partial charge in [0.2, 0.25) is 23.6 Å². The number of aliphatic carboxylic acids is 4. The monoisotopic (exact) mass is 611 g/mol. The molecule has 0 rings (SSSR count). The number of nitrogens with one attached hydrogen (secondary N) is 4. The fourth-order valence-corrected chi connectivity index (χ4v) is 3.45. The van der Waals surface area contributed by atoms with Crippen molar-refractivity contribution in [2.45, 2.75) is 68.7 Å². The van der Waals surface area contributed by atoms with E-state index in [1.807, 2.05) is 0 Å². The highest BCUT2D eigenvalue weighted by Gasteiger charge is 2.29. The Morgan fingerprint density at radius 1 is 0.550 bits per heavy atom. The van der Waals surface area contributed by atoms with E-state index in [1.165, 1.54) is 0 Å². The van der Waals surface area contributed by atoms with Gasteiger partial charge in [0.25, 0.3) is 0 Å². The van der Waals surface area contributed by atoms with E-state index in [4.69, 9.17) is 21.1 Å². The van der Waals surface area contributed by atoms with Gasteiger partial charge in [0, 0.05) is 30.8 Å². The van der Waals surface area contributed by atoms with Crippen LogP contribution in [0.15, 0.2) is 0 Å². The topological polar surface area (TPSA) is 292 Å². The summed E-state index contributed by atoms with van der Waals surface area (Å²) in [6, 6.07) is -7.04. The molecule has 0 fully saturated rings. The largest absolute Gasteiger partial charge is 0.481 e. The molecule has 0 heterocycles. The summed E-state index contributed by atoms with van der Waals surface area (Å²) < 4.78 is 0. The fourth-order valence-electron chi connectivity index (χ4n) is 2.93. The number of carbonyl (C=O) groups is 8. The normalized spacial score (nSPS) is 14.4. The number of nitrogens with two attached hydrogens (primary N) is 1. The van der Waals surface area contributed by atoms with Gasteiger partial charge >= 0.3 is 23.9 Å². The molecule has 0 aliphatic rings. The Morgan fingerprint density at radius 3 is 1.25 bits per heavy atom. The Bertz CT molecular complexity index is 966. The van der Waals surface area contributed by atoms with Crippen LogP contribution < -0.4 is 27.0 Å². The highest BCUT2D eigenvalue weighted by Crippen LogP contribution is 2.04. The molecular formula is C21H33N5O12S2. The van der Waals surface area contributed by atoms with E-state index in [1.54, 1.807) is 0 Å². The number of rotatable bonds is 20. The zero-order valence-electron chi connectivity index (χ0n) is 21.1. The van der Waals surface area contributed by atoms with Crippen molar-refractivity contribution in [2.24, 2.45) is 5.73 Å². The minimum atomic E-state index is -1.59. The van der Waals surface area contributed by atoms with Crippen LogP contribution >= 0.6 is 25.3 Å². The van der Waals surface area contributed by atoms with Crippen molar-refractivity contribution >= 4 is 72.8 Å². The van der Waals surface area contributed by atoms with Gasteiger partial charge in [0.1, 0.15) is 30.2 Å². The molecule has 226 valence electrons. The molecule has 0 aromatic heterocycles. The molecule has 0 saturated carbocycles. The molecule has 40 heavy (non-hydrogen) atoms. The summed E-state index contributed by atoms with van der Waals surface area (Å²) in [5, 5.41) is 44.8. The molecule has 0 bridgehead atoms. The van der Waals surface area contributed by atoms with Crippen molar-refractivity contribution in [3.63, 3.8) is 0 Å². The zero-order valence-corrected chi connectivity index (χ0v) is 22.9. The van der Waals surface area contributed by atoms with Crippen LogP contribution in [0.25, 0.3) is 0 Å². The number of hydrogen-bond acceptors (Lipinski definition) is 11. The first-order valence-corrected chi connectivity index (χ1v) is 13.0. The van der Waals surface area contributed by atoms with Crippen LogP contribution in [0.1, 0.15) is 38.5 Å². The van der Waals surface area contributed by atoms with E-state index in [0.717, 1.165) is 0 Å². The molecule has 0 radical (unpaired) electrons. The lowest BCUT2D eigenvalue weighted by atomic mass is 10.1. The molecule has 0 aliphatic heterocycles. The molecular weight excluding hydrogens is 578 g/mol. The second-order valence-corrected chi connectivity index (χ2v) is 9.09. The Morgan fingerprint density at radius 2 is 0.925 bits per heavy atom. The summed E-state index contributed by atoms with van der Waals surface area (Å²) in [5.74, 6) is -9.55. The highest BCUT2D eigenvalue weighted by atomic mass is 32.1. The summed E-state index contributed by atoms with van der Waals surface area (Å²) in [6.07, 6.45) is -2.41. The van der Waals surface area contributed by atoms with Crippen LogP contribution in [0, 0.1) is 0 Å². The Kier molecular flexibility index (Phi) is 17.0. The summed E-state index contributed by atoms with van der Waals surface area (Å²) in [7, 11) is 0. The van der Waals surface area contributed by atoms with Crippen molar-refractivity contribution in [2.75, 3.05) is 11.5 Å². The van der Waals surface area contributed by atoms with Gasteiger partial charge in [-0.1, -0.05) is 0 Å². The maximum Gasteiger partial charge on any atom is 0.326 e. The third kappa shape index (κ3) is 14.5. The number of amides is 4. The SMILES string of the molecule is N[C@@H](CCC(=O)N[C@@H](CS)C(=O)N[C@@H](CCC(=O)N[C@@H](CS)C(=O)N[C@@H](CCC(=O)O)C(=O)O)C(=O)O)C(=O)O. The number of carbonyl (C=O) groups excluding carboxylic acids is 4. The van der Waals surface area contributed by atoms with Crippen LogP contribution in [0.5, 0.6) is 0 Å². The zero-order chi connectivity index (χ0) is 31.0. The summed E-state index contributed by atoms with van der Waals surface area (Å²) in [6.45, 7) is 0. The van der Waals surface area contributed by atoms with Gasteiger partial charge in [-0.3, -0.25) is 28.8 Å². The molecule has 17 nitrogen and oxygen atoms in total. The van der Waals surface area contributed by atoms with Gasteiger partial charge < -0.3 is 47.4 Å². The molecule has 0 aromatic rings. The third-order valence-electron chi connectivity index (χ3n) is 5.20. The maximum absolute atomic E-state index is 12.5. The van der Waals surface area contributed by atoms with Crippen molar-refractivity contribution in [1.82, 2.24) is 21.3 Å². The third-order valence-corrected chi connectivity index (χ3v) is 5.93. The van der Waals surface area contributed by atoms with Gasteiger partial charge in [-0.05, 0) is 19.3 Å². The predicted octanol–water partition coefficient (Wildman–Crippen LogP) is -3.21. The van der Waals surface area contributed by atoms with Crippen LogP contribution in [-0.2, 0) is 38.4 Å². The lowest BCUT2D eigenvalue weighted by Crippen LogP contribution is -2.53. The first kappa shape index (κ1) is 36.4. The average molecular weight is 612 g/mol. The van der Waals surface area contributed by atoms with Crippen LogP contribution in [0.3, 0.4) is 0 Å². The summed E-state index contributed by atoms with van der Waals surface area (Å²) >= 11 is 7.87. The standard InChI is InChI=1S/C21H33N5O12S2/c22-9(19(33)34)1-4-14(27)23-12(7-39)17(31)25-10(20(35)36)2-5-15(28)24-13(8-40)18(32)26-11(21(37)38)3-6-16(29)30/h9-13,39-40H,1-8,22H2,(H,23,27)(H,24,28)(H,25,31)(H,26,32)(H,29,30)(H,33,34)(H,35,36)(H,37,38)/t9-,10-,11-,12-,13-/m0/s1. The smallest absolute Gasteiger partial charge is 0.326 e. The summed E-state index contributed by atoms with van der Waals surface area (Å²) in [4.78, 5) is 93.4. The highest BCUT2D eigenvalue weighted by molar-refractivity contribution is 7.80. The van der Waals surface area contributed by atoms with Gasteiger partial charge in [-0.15, -0.1) is 0 Å². The first-order chi connectivity index (χ1) is 18.6. The second-order valence-electron chi connectivity index (χ2n) is 8.36. The average Bonchev–Trinajstić information content (AvgIpc) is 2.87. The van der Waals surface area contributed by atoms with Gasteiger partial charge in [0.05, 0.1) is 0 Å². The van der Waals surface area contributed by atoms with Crippen LogP contribution in [0.2, 0.25) is 0 Å². The van der Waals surface area contributed by atoms with E-state index in [2.05, 4.69) is 46.5 Å².